The van der Waals surface area contributed by atoms with Crippen LogP contribution in [0.3, 0.4) is 0 Å². The number of esters is 1. The van der Waals surface area contributed by atoms with E-state index < -0.39 is 11.9 Å². The Bertz CT molecular complexity index is 653. The largest absolute Gasteiger partial charge is 0.461 e. The van der Waals surface area contributed by atoms with Gasteiger partial charge in [0.05, 0.1) is 6.61 Å². The normalized spacial score (nSPS) is 10.0. The fraction of sp³-hybridized carbons (Fsp3) is 0.200. The number of hydrogen-bond acceptors (Lipinski definition) is 5. The zero-order valence-electron chi connectivity index (χ0n) is 11.8. The Balaban J connectivity index is 2.14. The number of aryl methyl sites for hydroxylation is 1. The second kappa shape index (κ2) is 6.60. The number of carbonyl (C=O) groups is 2. The van der Waals surface area contributed by atoms with Crippen LogP contribution in [0.15, 0.2) is 36.5 Å². The summed E-state index contributed by atoms with van der Waals surface area (Å²) in [5, 5.41) is 2.62. The van der Waals surface area contributed by atoms with Gasteiger partial charge < -0.3 is 10.1 Å². The van der Waals surface area contributed by atoms with Crippen LogP contribution < -0.4 is 5.32 Å². The van der Waals surface area contributed by atoms with Gasteiger partial charge in [0, 0.05) is 6.20 Å². The molecule has 21 heavy (non-hydrogen) atoms. The minimum atomic E-state index is -0.555. The lowest BCUT2D eigenvalue weighted by molar-refractivity contribution is 0.0519. The van der Waals surface area contributed by atoms with E-state index in [0.29, 0.717) is 5.82 Å². The first kappa shape index (κ1) is 14.6. The summed E-state index contributed by atoms with van der Waals surface area (Å²) in [6.07, 6.45) is 1.65. The van der Waals surface area contributed by atoms with Crippen molar-refractivity contribution in [2.75, 3.05) is 11.9 Å². The number of rotatable bonds is 4. The van der Waals surface area contributed by atoms with E-state index in [-0.39, 0.29) is 18.0 Å². The summed E-state index contributed by atoms with van der Waals surface area (Å²) in [4.78, 5) is 31.7. The van der Waals surface area contributed by atoms with Crippen molar-refractivity contribution < 1.29 is 14.3 Å². The fourth-order valence-corrected chi connectivity index (χ4v) is 1.60. The maximum Gasteiger partial charge on any atom is 0.356 e. The average Bonchev–Trinajstić information content (AvgIpc) is 2.50. The van der Waals surface area contributed by atoms with Gasteiger partial charge in [0.15, 0.2) is 0 Å². The Kier molecular flexibility index (Phi) is 4.61. The highest BCUT2D eigenvalue weighted by atomic mass is 16.5. The lowest BCUT2D eigenvalue weighted by Crippen LogP contribution is -2.17. The molecule has 0 aliphatic heterocycles. The number of hydrogen-bond donors (Lipinski definition) is 1. The maximum absolute atomic E-state index is 12.1. The number of carbonyl (C=O) groups excluding carboxylic acids is 2. The molecule has 1 amide bonds. The van der Waals surface area contributed by atoms with Crippen LogP contribution in [0.5, 0.6) is 0 Å². The second-order valence-corrected chi connectivity index (χ2v) is 4.30. The number of amides is 1. The molecule has 0 saturated heterocycles. The van der Waals surface area contributed by atoms with Crippen LogP contribution in [-0.2, 0) is 4.74 Å². The van der Waals surface area contributed by atoms with E-state index in [1.54, 1.807) is 25.3 Å². The van der Waals surface area contributed by atoms with Gasteiger partial charge in [-0.05, 0) is 37.6 Å². The van der Waals surface area contributed by atoms with Crippen LogP contribution in [0, 0.1) is 6.92 Å². The highest BCUT2D eigenvalue weighted by Gasteiger charge is 2.13. The molecule has 108 valence electrons. The van der Waals surface area contributed by atoms with E-state index in [4.69, 9.17) is 4.74 Å². The van der Waals surface area contributed by atoms with Gasteiger partial charge in [-0.3, -0.25) is 4.79 Å². The molecule has 0 radical (unpaired) electrons. The summed E-state index contributed by atoms with van der Waals surface area (Å²) in [6, 6.07) is 8.13. The van der Waals surface area contributed by atoms with Crippen LogP contribution in [0.1, 0.15) is 33.5 Å². The van der Waals surface area contributed by atoms with Crippen molar-refractivity contribution in [2.24, 2.45) is 0 Å². The number of anilines is 1. The molecule has 0 bridgehead atoms. The molecule has 0 fully saturated rings. The molecule has 1 N–H and O–H groups in total. The first-order valence-corrected chi connectivity index (χ1v) is 6.48. The molecule has 0 aliphatic carbocycles. The van der Waals surface area contributed by atoms with E-state index in [0.717, 1.165) is 5.56 Å². The van der Waals surface area contributed by atoms with Crippen molar-refractivity contribution in [1.82, 2.24) is 9.97 Å². The molecule has 2 aromatic heterocycles. The van der Waals surface area contributed by atoms with E-state index in [2.05, 4.69) is 15.3 Å². The lowest BCUT2D eigenvalue weighted by atomic mass is 10.3. The molecular formula is C15H15N3O3. The van der Waals surface area contributed by atoms with Crippen LogP contribution in [0.2, 0.25) is 0 Å². The Morgan fingerprint density at radius 1 is 1.19 bits per heavy atom. The predicted octanol–water partition coefficient (Wildman–Crippen LogP) is 2.21. The fourth-order valence-electron chi connectivity index (χ4n) is 1.60. The third-order valence-corrected chi connectivity index (χ3v) is 2.62. The quantitative estimate of drug-likeness (QED) is 0.871. The molecule has 2 aromatic rings. The third-order valence-electron chi connectivity index (χ3n) is 2.62. The molecular weight excluding hydrogens is 270 g/mol. The summed E-state index contributed by atoms with van der Waals surface area (Å²) in [6.45, 7) is 3.87. The molecule has 0 unspecified atom stereocenters. The standard InChI is InChI=1S/C15H15N3O3/c1-3-21-15(20)12-6-4-5-11(17-12)14(19)18-13-8-7-10(2)9-16-13/h4-9H,3H2,1-2H3,(H,16,18,19). The Hall–Kier alpha value is -2.76. The Morgan fingerprint density at radius 3 is 2.62 bits per heavy atom. The minimum Gasteiger partial charge on any atom is -0.461 e. The summed E-state index contributed by atoms with van der Waals surface area (Å²) in [5.74, 6) is -0.563. The summed E-state index contributed by atoms with van der Waals surface area (Å²) >= 11 is 0. The highest BCUT2D eigenvalue weighted by Crippen LogP contribution is 2.07. The Labute approximate surface area is 122 Å². The van der Waals surface area contributed by atoms with E-state index in [1.807, 2.05) is 13.0 Å². The molecule has 2 rings (SSSR count). The van der Waals surface area contributed by atoms with Gasteiger partial charge in [-0.1, -0.05) is 12.1 Å². The van der Waals surface area contributed by atoms with Gasteiger partial charge in [-0.15, -0.1) is 0 Å². The number of nitrogens with zero attached hydrogens (tertiary/aromatic N) is 2. The van der Waals surface area contributed by atoms with Crippen molar-refractivity contribution in [3.63, 3.8) is 0 Å². The molecule has 0 spiro atoms. The van der Waals surface area contributed by atoms with Crippen LogP contribution in [-0.4, -0.2) is 28.5 Å². The van der Waals surface area contributed by atoms with Gasteiger partial charge in [-0.25, -0.2) is 14.8 Å². The summed E-state index contributed by atoms with van der Waals surface area (Å²) in [5.41, 5.74) is 1.22. The molecule has 2 heterocycles. The first-order chi connectivity index (χ1) is 10.1. The van der Waals surface area contributed by atoms with Crippen LogP contribution in [0.25, 0.3) is 0 Å². The minimum absolute atomic E-state index is 0.0985. The number of pyridine rings is 2. The van der Waals surface area contributed by atoms with Crippen molar-refractivity contribution in [1.29, 1.82) is 0 Å². The maximum atomic E-state index is 12.1. The zero-order valence-corrected chi connectivity index (χ0v) is 11.8. The molecule has 6 heteroatoms. The van der Waals surface area contributed by atoms with Crippen molar-refractivity contribution in [2.45, 2.75) is 13.8 Å². The van der Waals surface area contributed by atoms with Crippen molar-refractivity contribution in [3.8, 4) is 0 Å². The Morgan fingerprint density at radius 2 is 1.95 bits per heavy atom. The van der Waals surface area contributed by atoms with Gasteiger partial charge in [0.1, 0.15) is 17.2 Å². The highest BCUT2D eigenvalue weighted by molar-refractivity contribution is 6.03. The number of ether oxygens (including phenoxy) is 1. The lowest BCUT2D eigenvalue weighted by Gasteiger charge is -2.05. The van der Waals surface area contributed by atoms with Crippen LogP contribution >= 0.6 is 0 Å². The number of nitrogens with one attached hydrogen (secondary N) is 1. The van der Waals surface area contributed by atoms with Gasteiger partial charge in [-0.2, -0.15) is 0 Å². The zero-order chi connectivity index (χ0) is 15.2. The van der Waals surface area contributed by atoms with Gasteiger partial charge >= 0.3 is 5.97 Å². The van der Waals surface area contributed by atoms with Crippen molar-refractivity contribution in [3.05, 3.63) is 53.5 Å². The van der Waals surface area contributed by atoms with Gasteiger partial charge in [0.25, 0.3) is 5.91 Å². The number of aromatic nitrogens is 2. The molecule has 0 saturated carbocycles. The summed E-state index contributed by atoms with van der Waals surface area (Å²) < 4.78 is 4.85. The third kappa shape index (κ3) is 3.85. The molecule has 0 atom stereocenters. The smallest absolute Gasteiger partial charge is 0.356 e. The molecule has 0 aliphatic rings. The van der Waals surface area contributed by atoms with E-state index in [9.17, 15) is 9.59 Å². The SMILES string of the molecule is CCOC(=O)c1cccc(C(=O)Nc2ccc(C)cn2)n1. The van der Waals surface area contributed by atoms with Crippen molar-refractivity contribution >= 4 is 17.7 Å². The monoisotopic (exact) mass is 285 g/mol. The first-order valence-electron chi connectivity index (χ1n) is 6.48. The second-order valence-electron chi connectivity index (χ2n) is 4.30. The predicted molar refractivity (Wildman–Crippen MR) is 77.1 cm³/mol. The molecule has 6 nitrogen and oxygen atoms in total. The van der Waals surface area contributed by atoms with E-state index >= 15 is 0 Å². The van der Waals surface area contributed by atoms with Crippen LogP contribution in [0.4, 0.5) is 5.82 Å². The molecule has 0 aromatic carbocycles. The van der Waals surface area contributed by atoms with Gasteiger partial charge in [0.2, 0.25) is 0 Å². The average molecular weight is 285 g/mol. The van der Waals surface area contributed by atoms with E-state index in [1.165, 1.54) is 12.1 Å². The topological polar surface area (TPSA) is 81.2 Å². The summed E-state index contributed by atoms with van der Waals surface area (Å²) in [7, 11) is 0.